The van der Waals surface area contributed by atoms with Crippen LogP contribution in [-0.4, -0.2) is 10.8 Å². The van der Waals surface area contributed by atoms with Crippen LogP contribution in [0.2, 0.25) is 0 Å². The zero-order valence-electron chi connectivity index (χ0n) is 9.87. The number of non-ortho nitro benzene ring substituents is 1. The highest BCUT2D eigenvalue weighted by atomic mass is 31.0. The molecule has 19 heavy (non-hydrogen) atoms. The summed E-state index contributed by atoms with van der Waals surface area (Å²) in [5.41, 5.74) is 1.01. The molecule has 5 nitrogen and oxygen atoms in total. The van der Waals surface area contributed by atoms with Crippen molar-refractivity contribution >= 4 is 31.8 Å². The van der Waals surface area contributed by atoms with E-state index in [9.17, 15) is 14.9 Å². The van der Waals surface area contributed by atoms with Crippen LogP contribution in [0.1, 0.15) is 10.4 Å². The monoisotopic (exact) mass is 274 g/mol. The van der Waals surface area contributed by atoms with Crippen LogP contribution in [0, 0.1) is 10.1 Å². The van der Waals surface area contributed by atoms with Crippen molar-refractivity contribution in [1.82, 2.24) is 0 Å². The van der Waals surface area contributed by atoms with E-state index < -0.39 is 4.92 Å². The van der Waals surface area contributed by atoms with Crippen LogP contribution < -0.4 is 10.6 Å². The average Bonchev–Trinajstić information content (AvgIpc) is 2.41. The number of nitrogens with zero attached hydrogens (tertiary/aromatic N) is 1. The standard InChI is InChI=1S/C13H11N2O3P/c16-13(14-10-3-7-12(19)8-4-10)9-1-5-11(6-2-9)15(17)18/h1-8H,19H2,(H,14,16). The lowest BCUT2D eigenvalue weighted by molar-refractivity contribution is -0.384. The van der Waals surface area contributed by atoms with Crippen molar-refractivity contribution in [1.29, 1.82) is 0 Å². The van der Waals surface area contributed by atoms with E-state index in [1.165, 1.54) is 24.3 Å². The van der Waals surface area contributed by atoms with E-state index in [1.54, 1.807) is 12.1 Å². The Morgan fingerprint density at radius 2 is 1.63 bits per heavy atom. The smallest absolute Gasteiger partial charge is 0.269 e. The lowest BCUT2D eigenvalue weighted by Gasteiger charge is -2.05. The summed E-state index contributed by atoms with van der Waals surface area (Å²) in [6, 6.07) is 12.7. The molecule has 96 valence electrons. The summed E-state index contributed by atoms with van der Waals surface area (Å²) in [7, 11) is 2.56. The Morgan fingerprint density at radius 1 is 1.05 bits per heavy atom. The molecule has 0 saturated carbocycles. The third-order valence-electron chi connectivity index (χ3n) is 2.51. The highest BCUT2D eigenvalue weighted by Crippen LogP contribution is 2.13. The quantitative estimate of drug-likeness (QED) is 0.530. The fourth-order valence-electron chi connectivity index (χ4n) is 1.50. The van der Waals surface area contributed by atoms with Gasteiger partial charge in [-0.2, -0.15) is 0 Å². The lowest BCUT2D eigenvalue weighted by atomic mass is 10.2. The molecule has 1 atom stereocenters. The number of hydrogen-bond acceptors (Lipinski definition) is 3. The SMILES string of the molecule is O=C(Nc1ccc(P)cc1)c1ccc([N+](=O)[O-])cc1. The largest absolute Gasteiger partial charge is 0.322 e. The van der Waals surface area contributed by atoms with Gasteiger partial charge in [0.2, 0.25) is 0 Å². The summed E-state index contributed by atoms with van der Waals surface area (Å²) in [5, 5.41) is 14.2. The first-order valence-electron chi connectivity index (χ1n) is 5.47. The second kappa shape index (κ2) is 5.59. The summed E-state index contributed by atoms with van der Waals surface area (Å²) in [6.45, 7) is 0. The summed E-state index contributed by atoms with van der Waals surface area (Å²) in [5.74, 6) is -0.300. The van der Waals surface area contributed by atoms with Crippen LogP contribution >= 0.6 is 9.24 Å². The van der Waals surface area contributed by atoms with E-state index in [-0.39, 0.29) is 11.6 Å². The highest BCUT2D eigenvalue weighted by molar-refractivity contribution is 7.27. The molecule has 0 aromatic heterocycles. The Hall–Kier alpha value is -2.26. The molecule has 1 N–H and O–H groups in total. The van der Waals surface area contributed by atoms with E-state index in [1.807, 2.05) is 12.1 Å². The number of rotatable bonds is 3. The second-order valence-corrected chi connectivity index (χ2v) is 4.55. The van der Waals surface area contributed by atoms with Crippen LogP contribution in [0.15, 0.2) is 48.5 Å². The van der Waals surface area contributed by atoms with Crippen LogP contribution in [-0.2, 0) is 0 Å². The maximum atomic E-state index is 11.9. The zero-order valence-corrected chi connectivity index (χ0v) is 11.0. The van der Waals surface area contributed by atoms with Gasteiger partial charge in [-0.15, -0.1) is 9.24 Å². The summed E-state index contributed by atoms with van der Waals surface area (Å²) < 4.78 is 0. The van der Waals surface area contributed by atoms with Crippen molar-refractivity contribution in [2.75, 3.05) is 5.32 Å². The number of hydrogen-bond donors (Lipinski definition) is 1. The third kappa shape index (κ3) is 3.36. The Kier molecular flexibility index (Phi) is 3.88. The van der Waals surface area contributed by atoms with Gasteiger partial charge in [0.1, 0.15) is 0 Å². The van der Waals surface area contributed by atoms with Gasteiger partial charge in [-0.05, 0) is 29.6 Å². The molecule has 0 aliphatic carbocycles. The number of amides is 1. The van der Waals surface area contributed by atoms with E-state index in [2.05, 4.69) is 14.6 Å². The molecule has 1 unspecified atom stereocenters. The normalized spacial score (nSPS) is 9.95. The van der Waals surface area contributed by atoms with Gasteiger partial charge < -0.3 is 5.32 Å². The molecule has 0 aliphatic heterocycles. The minimum absolute atomic E-state index is 0.0380. The minimum Gasteiger partial charge on any atom is -0.322 e. The van der Waals surface area contributed by atoms with Crippen molar-refractivity contribution in [3.63, 3.8) is 0 Å². The number of anilines is 1. The highest BCUT2D eigenvalue weighted by Gasteiger charge is 2.09. The van der Waals surface area contributed by atoms with Crippen LogP contribution in [0.5, 0.6) is 0 Å². The molecule has 0 heterocycles. The topological polar surface area (TPSA) is 72.2 Å². The fraction of sp³-hybridized carbons (Fsp3) is 0. The molecule has 1 amide bonds. The number of nitrogens with one attached hydrogen (secondary N) is 1. The van der Waals surface area contributed by atoms with Gasteiger partial charge in [0, 0.05) is 23.4 Å². The first-order valence-corrected chi connectivity index (χ1v) is 6.05. The molecular formula is C13H11N2O3P. The van der Waals surface area contributed by atoms with E-state index in [0.29, 0.717) is 11.3 Å². The number of benzene rings is 2. The molecular weight excluding hydrogens is 263 g/mol. The fourth-order valence-corrected chi connectivity index (χ4v) is 1.70. The lowest BCUT2D eigenvalue weighted by Crippen LogP contribution is -2.12. The number of nitro benzene ring substituents is 1. The number of nitro groups is 1. The van der Waals surface area contributed by atoms with Crippen LogP contribution in [0.4, 0.5) is 11.4 Å². The minimum atomic E-state index is -0.501. The van der Waals surface area contributed by atoms with E-state index in [0.717, 1.165) is 5.30 Å². The van der Waals surface area contributed by atoms with Crippen molar-refractivity contribution in [3.05, 3.63) is 64.2 Å². The van der Waals surface area contributed by atoms with Gasteiger partial charge >= 0.3 is 0 Å². The van der Waals surface area contributed by atoms with Crippen LogP contribution in [0.25, 0.3) is 0 Å². The maximum absolute atomic E-state index is 11.9. The summed E-state index contributed by atoms with van der Waals surface area (Å²) >= 11 is 0. The molecule has 0 radical (unpaired) electrons. The average molecular weight is 274 g/mol. The van der Waals surface area contributed by atoms with Crippen molar-refractivity contribution in [2.24, 2.45) is 0 Å². The zero-order chi connectivity index (χ0) is 13.8. The Labute approximate surface area is 112 Å². The van der Waals surface area contributed by atoms with Gasteiger partial charge in [0.25, 0.3) is 11.6 Å². The van der Waals surface area contributed by atoms with E-state index in [4.69, 9.17) is 0 Å². The van der Waals surface area contributed by atoms with Gasteiger partial charge in [-0.3, -0.25) is 14.9 Å². The summed E-state index contributed by atoms with van der Waals surface area (Å²) in [4.78, 5) is 21.9. The predicted molar refractivity (Wildman–Crippen MR) is 76.8 cm³/mol. The number of carbonyl (C=O) groups excluding carboxylic acids is 1. The van der Waals surface area contributed by atoms with Crippen molar-refractivity contribution < 1.29 is 9.72 Å². The molecule has 2 aromatic carbocycles. The second-order valence-electron chi connectivity index (χ2n) is 3.88. The van der Waals surface area contributed by atoms with Crippen molar-refractivity contribution in [3.8, 4) is 0 Å². The Bertz CT molecular complexity index is 609. The summed E-state index contributed by atoms with van der Waals surface area (Å²) in [6.07, 6.45) is 0. The molecule has 2 rings (SSSR count). The molecule has 2 aromatic rings. The maximum Gasteiger partial charge on any atom is 0.269 e. The van der Waals surface area contributed by atoms with Gasteiger partial charge in [-0.25, -0.2) is 0 Å². The van der Waals surface area contributed by atoms with Crippen LogP contribution in [0.3, 0.4) is 0 Å². The number of carbonyl (C=O) groups is 1. The molecule has 0 spiro atoms. The van der Waals surface area contributed by atoms with E-state index >= 15 is 0 Å². The molecule has 0 aliphatic rings. The predicted octanol–water partition coefficient (Wildman–Crippen LogP) is 2.35. The Balaban J connectivity index is 2.11. The molecule has 6 heteroatoms. The molecule has 0 saturated heterocycles. The van der Waals surface area contributed by atoms with Gasteiger partial charge in [-0.1, -0.05) is 12.1 Å². The third-order valence-corrected chi connectivity index (χ3v) is 2.89. The first kappa shape index (κ1) is 13.2. The Morgan fingerprint density at radius 3 is 2.16 bits per heavy atom. The van der Waals surface area contributed by atoms with Gasteiger partial charge in [0.05, 0.1) is 4.92 Å². The van der Waals surface area contributed by atoms with Crippen molar-refractivity contribution in [2.45, 2.75) is 0 Å². The van der Waals surface area contributed by atoms with Gasteiger partial charge in [0.15, 0.2) is 0 Å². The first-order chi connectivity index (χ1) is 9.06. The molecule has 0 bridgehead atoms. The molecule has 0 fully saturated rings.